The number of likely N-dealkylation sites (tertiary alicyclic amines) is 1. The molecule has 1 saturated carbocycles. The molecule has 1 saturated heterocycles. The molecule has 2 heterocycles. The predicted octanol–water partition coefficient (Wildman–Crippen LogP) is 4.67. The summed E-state index contributed by atoms with van der Waals surface area (Å²) in [7, 11) is 0. The third-order valence-corrected chi connectivity index (χ3v) is 6.42. The van der Waals surface area contributed by atoms with Crippen molar-refractivity contribution in [1.29, 1.82) is 0 Å². The number of benzene rings is 1. The van der Waals surface area contributed by atoms with Crippen LogP contribution in [0.1, 0.15) is 84.2 Å². The second-order valence-electron chi connectivity index (χ2n) is 8.21. The highest BCUT2D eigenvalue weighted by molar-refractivity contribution is 5.92. The van der Waals surface area contributed by atoms with Gasteiger partial charge in [0.15, 0.2) is 5.69 Å². The number of rotatable bonds is 4. The van der Waals surface area contributed by atoms with Crippen LogP contribution in [0.3, 0.4) is 0 Å². The van der Waals surface area contributed by atoms with Crippen LogP contribution in [0.4, 0.5) is 0 Å². The van der Waals surface area contributed by atoms with Gasteiger partial charge in [0.05, 0.1) is 0 Å². The molecule has 136 valence electrons. The van der Waals surface area contributed by atoms with Gasteiger partial charge in [0, 0.05) is 24.6 Å². The molecular weight excluding hydrogens is 324 g/mol. The number of carbonyl (C=O) groups is 1. The van der Waals surface area contributed by atoms with Crippen LogP contribution in [0, 0.1) is 0 Å². The second-order valence-corrected chi connectivity index (χ2v) is 8.21. The summed E-state index contributed by atoms with van der Waals surface area (Å²) < 4.78 is 5.40. The van der Waals surface area contributed by atoms with Gasteiger partial charge in [0.1, 0.15) is 5.76 Å². The minimum absolute atomic E-state index is 0.0623. The van der Waals surface area contributed by atoms with Crippen molar-refractivity contribution in [2.45, 2.75) is 69.2 Å². The van der Waals surface area contributed by atoms with Crippen molar-refractivity contribution in [2.75, 3.05) is 6.54 Å². The first-order valence-electron chi connectivity index (χ1n) is 10.1. The van der Waals surface area contributed by atoms with E-state index in [1.54, 1.807) is 0 Å². The highest BCUT2D eigenvalue weighted by atomic mass is 16.5. The maximum atomic E-state index is 13.0. The van der Waals surface area contributed by atoms with E-state index in [1.807, 2.05) is 6.07 Å². The largest absolute Gasteiger partial charge is 0.360 e. The van der Waals surface area contributed by atoms with E-state index in [4.69, 9.17) is 4.52 Å². The quantitative estimate of drug-likeness (QED) is 0.805. The maximum Gasteiger partial charge on any atom is 0.276 e. The summed E-state index contributed by atoms with van der Waals surface area (Å²) in [6.45, 7) is 0.851. The molecule has 1 aromatic heterocycles. The summed E-state index contributed by atoms with van der Waals surface area (Å²) >= 11 is 0. The zero-order chi connectivity index (χ0) is 17.5. The lowest BCUT2D eigenvalue weighted by molar-refractivity contribution is 0.0713. The molecule has 3 aliphatic rings. The van der Waals surface area contributed by atoms with Gasteiger partial charge in [-0.2, -0.15) is 0 Å². The molecule has 4 heteroatoms. The molecule has 0 radical (unpaired) electrons. The molecule has 2 fully saturated rings. The van der Waals surface area contributed by atoms with E-state index < -0.39 is 0 Å². The van der Waals surface area contributed by atoms with E-state index >= 15 is 0 Å². The Kier molecular flexibility index (Phi) is 4.07. The first kappa shape index (κ1) is 16.1. The van der Waals surface area contributed by atoms with E-state index in [0.29, 0.717) is 23.6 Å². The van der Waals surface area contributed by atoms with Crippen LogP contribution >= 0.6 is 0 Å². The van der Waals surface area contributed by atoms with Gasteiger partial charge in [-0.3, -0.25) is 4.79 Å². The molecule has 2 unspecified atom stereocenters. The van der Waals surface area contributed by atoms with Crippen LogP contribution in [0.25, 0.3) is 0 Å². The minimum atomic E-state index is 0.0623. The number of hydrogen-bond donors (Lipinski definition) is 0. The molecule has 0 bridgehead atoms. The van der Waals surface area contributed by atoms with Crippen molar-refractivity contribution in [2.24, 2.45) is 0 Å². The molecule has 5 rings (SSSR count). The topological polar surface area (TPSA) is 46.3 Å². The number of amides is 1. The molecule has 1 aliphatic heterocycles. The van der Waals surface area contributed by atoms with Crippen molar-refractivity contribution in [3.05, 3.63) is 52.9 Å². The summed E-state index contributed by atoms with van der Waals surface area (Å²) in [6.07, 6.45) is 9.31. The smallest absolute Gasteiger partial charge is 0.276 e. The van der Waals surface area contributed by atoms with Crippen molar-refractivity contribution in [3.8, 4) is 0 Å². The van der Waals surface area contributed by atoms with Crippen LogP contribution in [0.15, 0.2) is 34.9 Å². The second kappa shape index (κ2) is 6.57. The molecule has 2 atom stereocenters. The van der Waals surface area contributed by atoms with Crippen LogP contribution in [0.2, 0.25) is 0 Å². The summed E-state index contributed by atoms with van der Waals surface area (Å²) in [4.78, 5) is 15.1. The average molecular weight is 350 g/mol. The first-order valence-corrected chi connectivity index (χ1v) is 10.1. The summed E-state index contributed by atoms with van der Waals surface area (Å²) in [6, 6.07) is 11.1. The Hall–Kier alpha value is -2.10. The van der Waals surface area contributed by atoms with Gasteiger partial charge in [0.25, 0.3) is 5.91 Å². The van der Waals surface area contributed by atoms with Crippen LogP contribution in [0.5, 0.6) is 0 Å². The summed E-state index contributed by atoms with van der Waals surface area (Å²) in [5.41, 5.74) is 3.52. The lowest BCUT2D eigenvalue weighted by Gasteiger charge is -2.31. The van der Waals surface area contributed by atoms with Crippen LogP contribution < -0.4 is 0 Å². The van der Waals surface area contributed by atoms with E-state index in [0.717, 1.165) is 44.4 Å². The first-order chi connectivity index (χ1) is 12.8. The van der Waals surface area contributed by atoms with Gasteiger partial charge < -0.3 is 9.42 Å². The zero-order valence-corrected chi connectivity index (χ0v) is 15.2. The Balaban J connectivity index is 1.32. The lowest BCUT2D eigenvalue weighted by atomic mass is 9.79. The Morgan fingerprint density at radius 3 is 2.92 bits per heavy atom. The molecule has 2 aliphatic carbocycles. The van der Waals surface area contributed by atoms with Gasteiger partial charge in [-0.1, -0.05) is 29.4 Å². The Morgan fingerprint density at radius 2 is 2.04 bits per heavy atom. The van der Waals surface area contributed by atoms with Crippen molar-refractivity contribution in [3.63, 3.8) is 0 Å². The predicted molar refractivity (Wildman–Crippen MR) is 99.3 cm³/mol. The molecule has 0 spiro atoms. The fourth-order valence-corrected chi connectivity index (χ4v) is 4.87. The third-order valence-electron chi connectivity index (χ3n) is 6.42. The molecule has 1 amide bonds. The van der Waals surface area contributed by atoms with Crippen LogP contribution in [-0.4, -0.2) is 28.6 Å². The van der Waals surface area contributed by atoms with Crippen LogP contribution in [-0.2, 0) is 6.42 Å². The average Bonchev–Trinajstić information content (AvgIpc) is 3.22. The van der Waals surface area contributed by atoms with E-state index in [9.17, 15) is 4.79 Å². The van der Waals surface area contributed by atoms with E-state index in [2.05, 4.69) is 34.3 Å². The van der Waals surface area contributed by atoms with Crippen molar-refractivity contribution < 1.29 is 9.32 Å². The summed E-state index contributed by atoms with van der Waals surface area (Å²) in [5, 5.41) is 4.07. The Morgan fingerprint density at radius 1 is 1.15 bits per heavy atom. The zero-order valence-electron chi connectivity index (χ0n) is 15.2. The SMILES string of the molecule is O=C(c1cc(C2CC2)on1)N1CCCC1CC1CCCc2ccccc21. The fraction of sp³-hybridized carbons (Fsp3) is 0.545. The van der Waals surface area contributed by atoms with Crippen molar-refractivity contribution >= 4 is 5.91 Å². The molecular formula is C22H26N2O2. The van der Waals surface area contributed by atoms with Gasteiger partial charge in [-0.05, 0) is 68.4 Å². The van der Waals surface area contributed by atoms with Crippen molar-refractivity contribution in [1.82, 2.24) is 10.1 Å². The minimum Gasteiger partial charge on any atom is -0.360 e. The van der Waals surface area contributed by atoms with Gasteiger partial charge in [-0.25, -0.2) is 0 Å². The molecule has 4 nitrogen and oxygen atoms in total. The Bertz CT molecular complexity index is 808. The number of carbonyl (C=O) groups excluding carboxylic acids is 1. The van der Waals surface area contributed by atoms with Gasteiger partial charge >= 0.3 is 0 Å². The standard InChI is InChI=1S/C22H26N2O2/c25-22(20-14-21(26-23-20)16-10-11-16)24-12-4-8-18(24)13-17-7-3-6-15-5-1-2-9-19(15)17/h1-2,5,9,14,16-18H,3-4,6-8,10-13H2. The number of nitrogens with zero attached hydrogens (tertiary/aromatic N) is 2. The number of aryl methyl sites for hydroxylation is 1. The van der Waals surface area contributed by atoms with E-state index in [-0.39, 0.29) is 5.91 Å². The lowest BCUT2D eigenvalue weighted by Crippen LogP contribution is -2.37. The number of fused-ring (bicyclic) bond motifs is 1. The number of hydrogen-bond acceptors (Lipinski definition) is 3. The van der Waals surface area contributed by atoms with E-state index in [1.165, 1.54) is 30.4 Å². The fourth-order valence-electron chi connectivity index (χ4n) is 4.87. The number of aromatic nitrogens is 1. The highest BCUT2D eigenvalue weighted by Crippen LogP contribution is 2.41. The molecule has 2 aromatic rings. The molecule has 26 heavy (non-hydrogen) atoms. The highest BCUT2D eigenvalue weighted by Gasteiger charge is 2.35. The van der Waals surface area contributed by atoms with Gasteiger partial charge in [-0.15, -0.1) is 0 Å². The molecule has 0 N–H and O–H groups in total. The third kappa shape index (κ3) is 2.95. The summed E-state index contributed by atoms with van der Waals surface area (Å²) in [5.74, 6) is 2.03. The molecule has 1 aromatic carbocycles. The Labute approximate surface area is 154 Å². The maximum absolute atomic E-state index is 13.0. The van der Waals surface area contributed by atoms with Gasteiger partial charge in [0.2, 0.25) is 0 Å². The monoisotopic (exact) mass is 350 g/mol. The normalized spacial score (nSPS) is 25.3.